The van der Waals surface area contributed by atoms with Gasteiger partial charge in [-0.1, -0.05) is 17.7 Å². The van der Waals surface area contributed by atoms with Crippen molar-refractivity contribution in [3.8, 4) is 5.75 Å². The van der Waals surface area contributed by atoms with Gasteiger partial charge in [0.25, 0.3) is 5.91 Å². The molecule has 3 rings (SSSR count). The molecule has 22 heavy (non-hydrogen) atoms. The second kappa shape index (κ2) is 6.40. The van der Waals surface area contributed by atoms with E-state index < -0.39 is 6.10 Å². The van der Waals surface area contributed by atoms with Crippen LogP contribution in [0.25, 0.3) is 0 Å². The maximum Gasteiger partial charge on any atom is 0.265 e. The van der Waals surface area contributed by atoms with Crippen LogP contribution in [0.4, 0.5) is 5.69 Å². The summed E-state index contributed by atoms with van der Waals surface area (Å²) >= 11 is 5.90. The van der Waals surface area contributed by atoms with Gasteiger partial charge in [-0.05, 0) is 43.9 Å². The van der Waals surface area contributed by atoms with Gasteiger partial charge in [0.15, 0.2) is 6.10 Å². The number of benzene rings is 1. The Labute approximate surface area is 134 Å². The number of anilines is 1. The Morgan fingerprint density at radius 3 is 3.09 bits per heavy atom. The van der Waals surface area contributed by atoms with Crippen LogP contribution in [0.5, 0.6) is 5.75 Å². The monoisotopic (exact) mass is 319 g/mol. The molecular formula is C16H18ClN3O2. The lowest BCUT2D eigenvalue weighted by Crippen LogP contribution is -2.30. The van der Waals surface area contributed by atoms with Crippen LogP contribution in [0.2, 0.25) is 5.02 Å². The van der Waals surface area contributed by atoms with Crippen molar-refractivity contribution in [3.05, 3.63) is 41.7 Å². The molecule has 116 valence electrons. The summed E-state index contributed by atoms with van der Waals surface area (Å²) in [6, 6.07) is 6.99. The molecule has 1 amide bonds. The molecule has 1 atom stereocenters. The first-order valence-electron chi connectivity index (χ1n) is 7.36. The number of nitrogens with zero attached hydrogens (tertiary/aromatic N) is 2. The van der Waals surface area contributed by atoms with Gasteiger partial charge in [-0.3, -0.25) is 9.48 Å². The van der Waals surface area contributed by atoms with E-state index in [0.29, 0.717) is 16.5 Å². The number of carbonyl (C=O) groups is 1. The first kappa shape index (κ1) is 14.9. The van der Waals surface area contributed by atoms with Gasteiger partial charge in [0, 0.05) is 17.8 Å². The number of rotatable bonds is 6. The Morgan fingerprint density at radius 2 is 2.36 bits per heavy atom. The van der Waals surface area contributed by atoms with Gasteiger partial charge < -0.3 is 10.1 Å². The molecule has 0 radical (unpaired) electrons. The molecule has 6 heteroatoms. The highest BCUT2D eigenvalue weighted by atomic mass is 35.5. The fraction of sp³-hybridized carbons (Fsp3) is 0.375. The summed E-state index contributed by atoms with van der Waals surface area (Å²) < 4.78 is 7.46. The van der Waals surface area contributed by atoms with Crippen molar-refractivity contribution in [1.82, 2.24) is 9.78 Å². The molecule has 0 aliphatic heterocycles. The Balaban J connectivity index is 1.55. The van der Waals surface area contributed by atoms with Crippen LogP contribution in [0.1, 0.15) is 19.8 Å². The number of hydrogen-bond donors (Lipinski definition) is 1. The van der Waals surface area contributed by atoms with E-state index in [4.69, 9.17) is 16.3 Å². The average molecular weight is 320 g/mol. The van der Waals surface area contributed by atoms with Crippen molar-refractivity contribution in [1.29, 1.82) is 0 Å². The van der Waals surface area contributed by atoms with Crippen molar-refractivity contribution in [2.24, 2.45) is 5.92 Å². The third-order valence-electron chi connectivity index (χ3n) is 3.52. The molecule has 1 aromatic carbocycles. The zero-order valence-corrected chi connectivity index (χ0v) is 13.1. The minimum absolute atomic E-state index is 0.217. The second-order valence-corrected chi connectivity index (χ2v) is 6.04. The molecule has 1 unspecified atom stereocenters. The predicted octanol–water partition coefficient (Wildman–Crippen LogP) is 3.35. The number of amides is 1. The maximum atomic E-state index is 12.1. The summed E-state index contributed by atoms with van der Waals surface area (Å²) in [7, 11) is 0. The molecule has 5 nitrogen and oxygen atoms in total. The zero-order chi connectivity index (χ0) is 15.5. The topological polar surface area (TPSA) is 56.1 Å². The molecule has 1 aliphatic carbocycles. The predicted molar refractivity (Wildman–Crippen MR) is 85.1 cm³/mol. The van der Waals surface area contributed by atoms with Gasteiger partial charge in [-0.15, -0.1) is 0 Å². The van der Waals surface area contributed by atoms with E-state index in [0.717, 1.165) is 12.5 Å². The van der Waals surface area contributed by atoms with Gasteiger partial charge in [0.2, 0.25) is 0 Å². The SMILES string of the molecule is CC(Oc1cccc(Cl)c1)C(=O)Nc1cnn(CC2CC2)c1. The number of nitrogens with one attached hydrogen (secondary N) is 1. The minimum atomic E-state index is -0.620. The van der Waals surface area contributed by atoms with Gasteiger partial charge >= 0.3 is 0 Å². The third-order valence-corrected chi connectivity index (χ3v) is 3.76. The quantitative estimate of drug-likeness (QED) is 0.888. The average Bonchev–Trinajstić information content (AvgIpc) is 3.18. The first-order valence-corrected chi connectivity index (χ1v) is 7.73. The summed E-state index contributed by atoms with van der Waals surface area (Å²) in [6.07, 6.45) is 5.43. The van der Waals surface area contributed by atoms with E-state index in [2.05, 4.69) is 10.4 Å². The highest BCUT2D eigenvalue weighted by Crippen LogP contribution is 2.30. The third kappa shape index (κ3) is 4.01. The smallest absolute Gasteiger partial charge is 0.265 e. The van der Waals surface area contributed by atoms with Crippen LogP contribution in [-0.2, 0) is 11.3 Å². The summed E-state index contributed by atoms with van der Waals surface area (Å²) in [5.74, 6) is 1.10. The highest BCUT2D eigenvalue weighted by Gasteiger charge is 2.22. The molecule has 1 aromatic heterocycles. The minimum Gasteiger partial charge on any atom is -0.481 e. The van der Waals surface area contributed by atoms with Crippen LogP contribution >= 0.6 is 11.6 Å². The lowest BCUT2D eigenvalue weighted by molar-refractivity contribution is -0.122. The van der Waals surface area contributed by atoms with Crippen LogP contribution in [0.3, 0.4) is 0 Å². The summed E-state index contributed by atoms with van der Waals surface area (Å²) in [6.45, 7) is 2.62. The van der Waals surface area contributed by atoms with Gasteiger partial charge in [0.1, 0.15) is 5.75 Å². The Bertz CT molecular complexity index is 667. The van der Waals surface area contributed by atoms with Gasteiger partial charge in [-0.2, -0.15) is 5.10 Å². The largest absolute Gasteiger partial charge is 0.481 e. The molecular weight excluding hydrogens is 302 g/mol. The molecule has 0 bridgehead atoms. The van der Waals surface area contributed by atoms with E-state index in [1.165, 1.54) is 12.8 Å². The van der Waals surface area contributed by atoms with E-state index in [1.807, 2.05) is 10.9 Å². The molecule has 1 saturated carbocycles. The van der Waals surface area contributed by atoms with Gasteiger partial charge in [0.05, 0.1) is 11.9 Å². The van der Waals surface area contributed by atoms with E-state index in [-0.39, 0.29) is 5.91 Å². The van der Waals surface area contributed by atoms with Gasteiger partial charge in [-0.25, -0.2) is 0 Å². The number of hydrogen-bond acceptors (Lipinski definition) is 3. The molecule has 1 aliphatic rings. The first-order chi connectivity index (χ1) is 10.6. The Kier molecular flexibility index (Phi) is 4.34. The van der Waals surface area contributed by atoms with Crippen molar-refractivity contribution < 1.29 is 9.53 Å². The normalized spacial score (nSPS) is 15.4. The van der Waals surface area contributed by atoms with E-state index in [9.17, 15) is 4.79 Å². The summed E-state index contributed by atoms with van der Waals surface area (Å²) in [4.78, 5) is 12.1. The molecule has 1 N–H and O–H groups in total. The lowest BCUT2D eigenvalue weighted by Gasteiger charge is -2.14. The van der Waals surface area contributed by atoms with Crippen LogP contribution in [-0.4, -0.2) is 21.8 Å². The zero-order valence-electron chi connectivity index (χ0n) is 12.3. The van der Waals surface area contributed by atoms with Crippen molar-refractivity contribution >= 4 is 23.2 Å². The van der Waals surface area contributed by atoms with Crippen LogP contribution < -0.4 is 10.1 Å². The van der Waals surface area contributed by atoms with Crippen molar-refractivity contribution in [2.75, 3.05) is 5.32 Å². The number of carbonyl (C=O) groups excluding carboxylic acids is 1. The number of ether oxygens (including phenoxy) is 1. The van der Waals surface area contributed by atoms with Crippen molar-refractivity contribution in [3.63, 3.8) is 0 Å². The van der Waals surface area contributed by atoms with Crippen LogP contribution in [0, 0.1) is 5.92 Å². The fourth-order valence-corrected chi connectivity index (χ4v) is 2.32. The standard InChI is InChI=1S/C16H18ClN3O2/c1-11(22-15-4-2-3-13(17)7-15)16(21)19-14-8-18-20(10-14)9-12-5-6-12/h2-4,7-8,10-12H,5-6,9H2,1H3,(H,19,21). The Morgan fingerprint density at radius 1 is 1.55 bits per heavy atom. The van der Waals surface area contributed by atoms with Crippen LogP contribution in [0.15, 0.2) is 36.7 Å². The van der Waals surface area contributed by atoms with E-state index >= 15 is 0 Å². The molecule has 0 saturated heterocycles. The van der Waals surface area contributed by atoms with Crippen molar-refractivity contribution in [2.45, 2.75) is 32.4 Å². The molecule has 0 spiro atoms. The number of halogens is 1. The fourth-order valence-electron chi connectivity index (χ4n) is 2.13. The summed E-state index contributed by atoms with van der Waals surface area (Å²) in [5, 5.41) is 7.63. The molecule has 1 heterocycles. The Hall–Kier alpha value is -2.01. The lowest BCUT2D eigenvalue weighted by atomic mass is 10.3. The molecule has 1 fully saturated rings. The maximum absolute atomic E-state index is 12.1. The summed E-state index contributed by atoms with van der Waals surface area (Å²) in [5.41, 5.74) is 0.687. The number of aromatic nitrogens is 2. The molecule has 2 aromatic rings. The second-order valence-electron chi connectivity index (χ2n) is 5.60. The van der Waals surface area contributed by atoms with E-state index in [1.54, 1.807) is 37.4 Å². The highest BCUT2D eigenvalue weighted by molar-refractivity contribution is 6.30.